The van der Waals surface area contributed by atoms with E-state index < -0.39 is 0 Å². The summed E-state index contributed by atoms with van der Waals surface area (Å²) in [7, 11) is 0. The lowest BCUT2D eigenvalue weighted by molar-refractivity contribution is 0.0924. The molecule has 28 heavy (non-hydrogen) atoms. The van der Waals surface area contributed by atoms with Crippen LogP contribution in [0, 0.1) is 24.7 Å². The fraction of sp³-hybridized carbons (Fsp3) is 0.455. The number of benzene rings is 1. The molecule has 2 aliphatic carbocycles. The van der Waals surface area contributed by atoms with Crippen LogP contribution in [-0.2, 0) is 0 Å². The zero-order chi connectivity index (χ0) is 19.8. The fourth-order valence-electron chi connectivity index (χ4n) is 4.69. The summed E-state index contributed by atoms with van der Waals surface area (Å²) < 4.78 is 6.17. The molecule has 2 fully saturated rings. The number of rotatable bonds is 6. The molecule has 4 nitrogen and oxygen atoms in total. The van der Waals surface area contributed by atoms with Crippen molar-refractivity contribution in [3.63, 3.8) is 0 Å². The average molecular weight is 419 g/mol. The number of nitrogens with zero attached hydrogens (tertiary/aromatic N) is 1. The molecule has 2 aromatic rings. The van der Waals surface area contributed by atoms with Crippen molar-refractivity contribution >= 4 is 29.1 Å². The van der Waals surface area contributed by atoms with E-state index in [2.05, 4.69) is 17.2 Å². The second kappa shape index (κ2) is 7.92. The number of carbonyl (C=O) groups excluding carboxylic acids is 1. The molecule has 148 valence electrons. The van der Waals surface area contributed by atoms with E-state index >= 15 is 0 Å². The van der Waals surface area contributed by atoms with Gasteiger partial charge in [0.1, 0.15) is 0 Å². The Kier molecular flexibility index (Phi) is 5.52. The van der Waals surface area contributed by atoms with Gasteiger partial charge in [0.2, 0.25) is 0 Å². The highest BCUT2D eigenvalue weighted by atomic mass is 35.5. The summed E-state index contributed by atoms with van der Waals surface area (Å²) in [5.74, 6) is 2.42. The smallest absolute Gasteiger partial charge is 0.251 e. The highest BCUT2D eigenvalue weighted by Crippen LogP contribution is 2.60. The van der Waals surface area contributed by atoms with E-state index in [-0.39, 0.29) is 18.1 Å². The van der Waals surface area contributed by atoms with Gasteiger partial charge in [0.05, 0.1) is 16.8 Å². The summed E-state index contributed by atoms with van der Waals surface area (Å²) >= 11 is 12.2. The lowest BCUT2D eigenvalue weighted by Crippen LogP contribution is -2.37. The van der Waals surface area contributed by atoms with Crippen LogP contribution in [0.25, 0.3) is 0 Å². The Bertz CT molecular complexity index is 839. The first kappa shape index (κ1) is 19.5. The third-order valence-corrected chi connectivity index (χ3v) is 6.66. The van der Waals surface area contributed by atoms with Gasteiger partial charge in [-0.25, -0.2) is 0 Å². The summed E-state index contributed by atoms with van der Waals surface area (Å²) in [4.78, 5) is 16.8. The Balaban J connectivity index is 1.34. The number of nitrogens with one attached hydrogen (secondary N) is 1. The van der Waals surface area contributed by atoms with Crippen LogP contribution in [0.5, 0.6) is 5.75 Å². The first-order chi connectivity index (χ1) is 13.5. The zero-order valence-corrected chi connectivity index (χ0v) is 17.5. The molecule has 0 unspecified atom stereocenters. The number of hydrogen-bond acceptors (Lipinski definition) is 3. The van der Waals surface area contributed by atoms with E-state index in [0.717, 1.165) is 25.0 Å². The third-order valence-electron chi connectivity index (χ3n) is 6.11. The summed E-state index contributed by atoms with van der Waals surface area (Å²) in [5, 5.41) is 4.47. The maximum Gasteiger partial charge on any atom is 0.251 e. The van der Waals surface area contributed by atoms with Gasteiger partial charge in [-0.1, -0.05) is 30.1 Å². The number of ether oxygens (including phenoxy) is 1. The van der Waals surface area contributed by atoms with Gasteiger partial charge in [0.15, 0.2) is 5.75 Å². The van der Waals surface area contributed by atoms with Crippen LogP contribution in [0.4, 0.5) is 0 Å². The van der Waals surface area contributed by atoms with E-state index in [4.69, 9.17) is 27.9 Å². The Morgan fingerprint density at radius 1 is 1.21 bits per heavy atom. The van der Waals surface area contributed by atoms with Gasteiger partial charge in [-0.3, -0.25) is 9.78 Å². The standard InChI is InChI=1S/C22H24Cl2N2O2/c1-3-19(26-22(27)13-4-6-14(23)7-5-13)20-16-10-15(11-17(16)20)28-21-12(2)25-9-8-18(21)24/h4-9,15-17,19-20H,3,10-11H2,1-2H3,(H,26,27)/t15?,16-,17-,19-,20?/m0/s1. The van der Waals surface area contributed by atoms with Crippen LogP contribution in [0.15, 0.2) is 36.5 Å². The van der Waals surface area contributed by atoms with E-state index in [1.165, 1.54) is 0 Å². The number of halogens is 2. The Morgan fingerprint density at radius 2 is 1.89 bits per heavy atom. The van der Waals surface area contributed by atoms with Gasteiger partial charge < -0.3 is 10.1 Å². The van der Waals surface area contributed by atoms with Crippen LogP contribution >= 0.6 is 23.2 Å². The largest absolute Gasteiger partial charge is 0.487 e. The van der Waals surface area contributed by atoms with Crippen LogP contribution < -0.4 is 10.1 Å². The zero-order valence-electron chi connectivity index (χ0n) is 16.0. The quantitative estimate of drug-likeness (QED) is 0.691. The number of aryl methyl sites for hydroxylation is 1. The molecule has 1 N–H and O–H groups in total. The minimum Gasteiger partial charge on any atom is -0.487 e. The lowest BCUT2D eigenvalue weighted by Gasteiger charge is -2.23. The first-order valence-corrected chi connectivity index (χ1v) is 10.6. The number of aromatic nitrogens is 1. The predicted octanol–water partition coefficient (Wildman–Crippen LogP) is 5.31. The molecule has 0 spiro atoms. The highest BCUT2D eigenvalue weighted by molar-refractivity contribution is 6.32. The van der Waals surface area contributed by atoms with Gasteiger partial charge in [0.25, 0.3) is 5.91 Å². The molecule has 3 atom stereocenters. The van der Waals surface area contributed by atoms with E-state index in [0.29, 0.717) is 39.1 Å². The van der Waals surface area contributed by atoms with Gasteiger partial charge in [-0.15, -0.1) is 0 Å². The van der Waals surface area contributed by atoms with Crippen molar-refractivity contribution in [1.29, 1.82) is 0 Å². The van der Waals surface area contributed by atoms with Crippen molar-refractivity contribution in [2.45, 2.75) is 45.3 Å². The Hall–Kier alpha value is -1.78. The predicted molar refractivity (Wildman–Crippen MR) is 111 cm³/mol. The van der Waals surface area contributed by atoms with Crippen molar-refractivity contribution in [2.24, 2.45) is 17.8 Å². The molecule has 0 aliphatic heterocycles. The minimum absolute atomic E-state index is 0.0287. The summed E-state index contributed by atoms with van der Waals surface area (Å²) in [5.41, 5.74) is 1.47. The maximum absolute atomic E-state index is 12.6. The molecule has 1 aromatic heterocycles. The SMILES string of the molecule is CC[C@H](NC(=O)c1ccc(Cl)cc1)C1[C@H]2CC(Oc3c(Cl)ccnc3C)C[C@H]12. The fourth-order valence-corrected chi connectivity index (χ4v) is 5.05. The van der Waals surface area contributed by atoms with Gasteiger partial charge in [-0.05, 0) is 74.3 Å². The molecule has 4 rings (SSSR count). The Labute approximate surface area is 175 Å². The second-order valence-corrected chi connectivity index (χ2v) is 8.66. The molecule has 0 radical (unpaired) electrons. The van der Waals surface area contributed by atoms with Crippen molar-refractivity contribution < 1.29 is 9.53 Å². The number of pyridine rings is 1. The number of amides is 1. The molecule has 2 aliphatic rings. The summed E-state index contributed by atoms with van der Waals surface area (Å²) in [6.07, 6.45) is 4.81. The van der Waals surface area contributed by atoms with E-state index in [1.807, 2.05) is 6.92 Å². The van der Waals surface area contributed by atoms with Crippen molar-refractivity contribution in [1.82, 2.24) is 10.3 Å². The second-order valence-electron chi connectivity index (χ2n) is 7.82. The average Bonchev–Trinajstić information content (AvgIpc) is 3.16. The van der Waals surface area contributed by atoms with Crippen molar-refractivity contribution in [3.8, 4) is 5.75 Å². The molecular formula is C22H24Cl2N2O2. The Morgan fingerprint density at radius 3 is 2.50 bits per heavy atom. The number of fused-ring (bicyclic) bond motifs is 1. The molecule has 2 saturated carbocycles. The third kappa shape index (κ3) is 3.85. The van der Waals surface area contributed by atoms with Gasteiger partial charge in [-0.2, -0.15) is 0 Å². The van der Waals surface area contributed by atoms with Crippen molar-refractivity contribution in [3.05, 3.63) is 57.8 Å². The molecule has 1 heterocycles. The van der Waals surface area contributed by atoms with Crippen LogP contribution in [0.3, 0.4) is 0 Å². The monoisotopic (exact) mass is 418 g/mol. The lowest BCUT2D eigenvalue weighted by atomic mass is 10.00. The molecule has 6 heteroatoms. The minimum atomic E-state index is -0.0287. The number of hydrogen-bond donors (Lipinski definition) is 1. The van der Waals surface area contributed by atoms with Crippen LogP contribution in [-0.4, -0.2) is 23.0 Å². The van der Waals surface area contributed by atoms with Crippen molar-refractivity contribution in [2.75, 3.05) is 0 Å². The van der Waals surface area contributed by atoms with Crippen LogP contribution in [0.1, 0.15) is 42.2 Å². The number of carbonyl (C=O) groups is 1. The molecule has 1 aromatic carbocycles. The van der Waals surface area contributed by atoms with E-state index in [1.54, 1.807) is 36.5 Å². The first-order valence-electron chi connectivity index (χ1n) is 9.82. The summed E-state index contributed by atoms with van der Waals surface area (Å²) in [6.45, 7) is 4.05. The highest BCUT2D eigenvalue weighted by Gasteiger charge is 2.59. The van der Waals surface area contributed by atoms with Gasteiger partial charge in [0, 0.05) is 22.8 Å². The molecule has 0 bridgehead atoms. The van der Waals surface area contributed by atoms with Crippen LogP contribution in [0.2, 0.25) is 10.0 Å². The molecular weight excluding hydrogens is 395 g/mol. The molecule has 0 saturated heterocycles. The normalized spacial score (nSPS) is 24.5. The summed E-state index contributed by atoms with van der Waals surface area (Å²) in [6, 6.07) is 8.99. The van der Waals surface area contributed by atoms with E-state index in [9.17, 15) is 4.79 Å². The molecule has 1 amide bonds. The maximum atomic E-state index is 12.6. The van der Waals surface area contributed by atoms with Gasteiger partial charge >= 0.3 is 0 Å². The topological polar surface area (TPSA) is 51.2 Å².